The van der Waals surface area contributed by atoms with E-state index in [0.717, 1.165) is 17.7 Å². The van der Waals surface area contributed by atoms with Crippen LogP contribution in [0, 0.1) is 0 Å². The first-order valence-corrected chi connectivity index (χ1v) is 8.95. The molecular formula is C18H21F3N2OS. The molecule has 7 heteroatoms. The van der Waals surface area contributed by atoms with Crippen molar-refractivity contribution in [3.05, 3.63) is 53.9 Å². The van der Waals surface area contributed by atoms with Crippen molar-refractivity contribution in [3.8, 4) is 11.1 Å². The zero-order chi connectivity index (χ0) is 18.8. The van der Waals surface area contributed by atoms with Crippen LogP contribution in [0.2, 0.25) is 0 Å². The van der Waals surface area contributed by atoms with E-state index in [0.29, 0.717) is 11.3 Å². The minimum atomic E-state index is -4.34. The number of benzene rings is 1. The van der Waals surface area contributed by atoms with E-state index >= 15 is 0 Å². The molecule has 0 saturated heterocycles. The lowest BCUT2D eigenvalue weighted by Gasteiger charge is -2.26. The molecule has 2 atom stereocenters. The normalized spacial score (nSPS) is 15.0. The maximum absolute atomic E-state index is 12.6. The van der Waals surface area contributed by atoms with E-state index < -0.39 is 23.1 Å². The molecule has 1 aromatic heterocycles. The van der Waals surface area contributed by atoms with Crippen LogP contribution >= 0.6 is 0 Å². The van der Waals surface area contributed by atoms with Crippen molar-refractivity contribution in [2.75, 3.05) is 0 Å². The second-order valence-corrected chi connectivity index (χ2v) is 8.77. The number of nitrogens with one attached hydrogen (secondary N) is 1. The Morgan fingerprint density at radius 2 is 1.56 bits per heavy atom. The zero-order valence-corrected chi connectivity index (χ0v) is 15.3. The predicted octanol–water partition coefficient (Wildman–Crippen LogP) is 4.88. The molecule has 1 aromatic carbocycles. The maximum atomic E-state index is 12.6. The van der Waals surface area contributed by atoms with Gasteiger partial charge in [-0.3, -0.25) is 4.98 Å². The van der Waals surface area contributed by atoms with Crippen LogP contribution in [0.3, 0.4) is 0 Å². The van der Waals surface area contributed by atoms with Crippen LogP contribution in [-0.2, 0) is 17.5 Å². The maximum Gasteiger partial charge on any atom is 0.416 e. The summed E-state index contributed by atoms with van der Waals surface area (Å²) in [5.74, 6) is 0. The van der Waals surface area contributed by atoms with Crippen molar-refractivity contribution in [3.63, 3.8) is 0 Å². The Bertz CT molecular complexity index is 694. The summed E-state index contributed by atoms with van der Waals surface area (Å²) >= 11 is -1.22. The third-order valence-electron chi connectivity index (χ3n) is 3.62. The summed E-state index contributed by atoms with van der Waals surface area (Å²) in [5.41, 5.74) is 1.42. The molecule has 0 amide bonds. The van der Waals surface area contributed by atoms with Crippen molar-refractivity contribution < 1.29 is 17.7 Å². The molecule has 0 aliphatic heterocycles. The van der Waals surface area contributed by atoms with Crippen LogP contribution in [0.1, 0.15) is 45.0 Å². The van der Waals surface area contributed by atoms with Crippen LogP contribution < -0.4 is 4.72 Å². The quantitative estimate of drug-likeness (QED) is 0.781. The first-order chi connectivity index (χ1) is 11.5. The number of pyridine rings is 1. The van der Waals surface area contributed by atoms with Gasteiger partial charge in [0.25, 0.3) is 0 Å². The molecule has 25 heavy (non-hydrogen) atoms. The van der Waals surface area contributed by atoms with Crippen LogP contribution in [0.15, 0.2) is 42.6 Å². The molecule has 0 bridgehead atoms. The van der Waals surface area contributed by atoms with Crippen molar-refractivity contribution in [2.45, 2.75) is 44.7 Å². The van der Waals surface area contributed by atoms with Gasteiger partial charge in [0, 0.05) is 23.1 Å². The average molecular weight is 370 g/mol. The van der Waals surface area contributed by atoms with Crippen molar-refractivity contribution >= 4 is 11.4 Å². The molecule has 0 saturated carbocycles. The number of hydrogen-bond donors (Lipinski definition) is 1. The lowest BCUT2D eigenvalue weighted by Crippen LogP contribution is -2.40. The number of halogens is 3. The van der Waals surface area contributed by atoms with E-state index in [1.807, 2.05) is 27.7 Å². The standard InChI is InChI=1S/C18H21F3N2OS/c1-12(23-25(24)17(2,3)4)16-10-7-14(11-22-16)13-5-8-15(9-6-13)18(19,20)21/h5-12,23H,1-4H3/t12-,25?/m0/s1. The molecule has 3 nitrogen and oxygen atoms in total. The summed E-state index contributed by atoms with van der Waals surface area (Å²) in [6.45, 7) is 7.50. The summed E-state index contributed by atoms with van der Waals surface area (Å²) in [4.78, 5) is 4.34. The fourth-order valence-electron chi connectivity index (χ4n) is 2.08. The van der Waals surface area contributed by atoms with E-state index in [1.54, 1.807) is 18.3 Å². The summed E-state index contributed by atoms with van der Waals surface area (Å²) in [7, 11) is 0. The van der Waals surface area contributed by atoms with Gasteiger partial charge in [0.05, 0.1) is 17.3 Å². The van der Waals surface area contributed by atoms with Crippen molar-refractivity contribution in [2.24, 2.45) is 0 Å². The number of aromatic nitrogens is 1. The van der Waals surface area contributed by atoms with Crippen LogP contribution in [0.5, 0.6) is 0 Å². The Hall–Kier alpha value is -1.57. The Morgan fingerprint density at radius 3 is 2.00 bits per heavy atom. The fraction of sp³-hybridized carbons (Fsp3) is 0.389. The second kappa shape index (κ2) is 7.35. The number of hydrogen-bond acceptors (Lipinski definition) is 3. The molecule has 2 aromatic rings. The van der Waals surface area contributed by atoms with Crippen LogP contribution in [0.4, 0.5) is 13.2 Å². The van der Waals surface area contributed by atoms with E-state index in [9.17, 15) is 17.7 Å². The molecule has 0 radical (unpaired) electrons. The number of alkyl halides is 3. The van der Waals surface area contributed by atoms with Gasteiger partial charge in [-0.15, -0.1) is 4.72 Å². The topological polar surface area (TPSA) is 48.0 Å². The van der Waals surface area contributed by atoms with Gasteiger partial charge in [0.1, 0.15) is 4.75 Å². The highest BCUT2D eigenvalue weighted by Crippen LogP contribution is 2.31. The van der Waals surface area contributed by atoms with E-state index in [1.165, 1.54) is 12.1 Å². The summed E-state index contributed by atoms with van der Waals surface area (Å²) in [6, 6.07) is 8.33. The van der Waals surface area contributed by atoms with Gasteiger partial charge in [0.2, 0.25) is 0 Å². The highest BCUT2D eigenvalue weighted by Gasteiger charge is 2.30. The smallest absolute Gasteiger partial charge is 0.416 e. The first-order valence-electron chi connectivity index (χ1n) is 7.80. The Kier molecular flexibility index (Phi) is 5.81. The van der Waals surface area contributed by atoms with E-state index in [-0.39, 0.29) is 10.8 Å². The predicted molar refractivity (Wildman–Crippen MR) is 94.1 cm³/mol. The van der Waals surface area contributed by atoms with Gasteiger partial charge >= 0.3 is 6.18 Å². The Balaban J connectivity index is 2.12. The molecule has 136 valence electrons. The molecular weight excluding hydrogens is 349 g/mol. The van der Waals surface area contributed by atoms with Gasteiger partial charge in [-0.25, -0.2) is 0 Å². The average Bonchev–Trinajstić information content (AvgIpc) is 2.53. The van der Waals surface area contributed by atoms with Gasteiger partial charge < -0.3 is 4.55 Å². The molecule has 1 N–H and O–H groups in total. The Morgan fingerprint density at radius 1 is 1.00 bits per heavy atom. The summed E-state index contributed by atoms with van der Waals surface area (Å²) in [6.07, 6.45) is -2.74. The lowest BCUT2D eigenvalue weighted by atomic mass is 10.0. The molecule has 0 fully saturated rings. The molecule has 0 aliphatic carbocycles. The highest BCUT2D eigenvalue weighted by atomic mass is 32.2. The van der Waals surface area contributed by atoms with Gasteiger partial charge in [-0.05, 0) is 51.5 Å². The fourth-order valence-corrected chi connectivity index (χ4v) is 2.88. The number of rotatable bonds is 4. The zero-order valence-electron chi connectivity index (χ0n) is 14.5. The van der Waals surface area contributed by atoms with E-state index in [4.69, 9.17) is 0 Å². The number of nitrogens with zero attached hydrogens (tertiary/aromatic N) is 1. The van der Waals surface area contributed by atoms with E-state index in [2.05, 4.69) is 9.71 Å². The third kappa shape index (κ3) is 5.20. The molecule has 1 heterocycles. The molecule has 0 spiro atoms. The summed E-state index contributed by atoms with van der Waals surface area (Å²) < 4.78 is 52.6. The van der Waals surface area contributed by atoms with Crippen molar-refractivity contribution in [1.29, 1.82) is 0 Å². The first kappa shape index (κ1) is 19.8. The van der Waals surface area contributed by atoms with Crippen LogP contribution in [-0.4, -0.2) is 14.3 Å². The third-order valence-corrected chi connectivity index (χ3v) is 5.30. The molecule has 1 unspecified atom stereocenters. The summed E-state index contributed by atoms with van der Waals surface area (Å²) in [5, 5.41) is 0. The highest BCUT2D eigenvalue weighted by molar-refractivity contribution is 7.90. The van der Waals surface area contributed by atoms with Gasteiger partial charge in [-0.1, -0.05) is 18.2 Å². The molecule has 0 aliphatic rings. The monoisotopic (exact) mass is 370 g/mol. The van der Waals surface area contributed by atoms with Gasteiger partial charge in [0.15, 0.2) is 0 Å². The molecule has 2 rings (SSSR count). The minimum Gasteiger partial charge on any atom is -0.598 e. The van der Waals surface area contributed by atoms with Crippen molar-refractivity contribution in [1.82, 2.24) is 9.71 Å². The SMILES string of the molecule is C[C@H](N[S+]([O-])C(C)(C)C)c1ccc(-c2ccc(C(F)(F)F)cc2)cn1. The Labute approximate surface area is 149 Å². The largest absolute Gasteiger partial charge is 0.598 e. The lowest BCUT2D eigenvalue weighted by molar-refractivity contribution is -0.137. The van der Waals surface area contributed by atoms with Crippen LogP contribution in [0.25, 0.3) is 11.1 Å². The minimum absolute atomic E-state index is 0.207. The van der Waals surface area contributed by atoms with Gasteiger partial charge in [-0.2, -0.15) is 13.2 Å². The second-order valence-electron chi connectivity index (χ2n) is 6.77.